The Bertz CT molecular complexity index is 749. The lowest BCUT2D eigenvalue weighted by Crippen LogP contribution is -2.26. The van der Waals surface area contributed by atoms with E-state index in [1.54, 1.807) is 7.11 Å². The van der Waals surface area contributed by atoms with Crippen molar-refractivity contribution in [1.29, 1.82) is 0 Å². The summed E-state index contributed by atoms with van der Waals surface area (Å²) in [5, 5.41) is 2.65. The molecule has 1 N–H and O–H groups in total. The van der Waals surface area contributed by atoms with E-state index in [4.69, 9.17) is 4.74 Å². The lowest BCUT2D eigenvalue weighted by atomic mass is 9.99. The van der Waals surface area contributed by atoms with Gasteiger partial charge < -0.3 is 10.1 Å². The Labute approximate surface area is 136 Å². The molecular weight excluding hydrogens is 288 g/mol. The number of benzene rings is 2. The van der Waals surface area contributed by atoms with Crippen LogP contribution in [0, 0.1) is 6.92 Å². The number of carbonyl (C=O) groups is 1. The number of methoxy groups -OCH3 is 1. The van der Waals surface area contributed by atoms with Crippen molar-refractivity contribution in [2.24, 2.45) is 4.99 Å². The fraction of sp³-hybridized carbons (Fsp3) is 0.158. The number of amidine groups is 1. The molecule has 0 aliphatic carbocycles. The van der Waals surface area contributed by atoms with Crippen LogP contribution in [0.1, 0.15) is 12.5 Å². The quantitative estimate of drug-likeness (QED) is 0.685. The predicted octanol–water partition coefficient (Wildman–Crippen LogP) is 4.02. The highest BCUT2D eigenvalue weighted by atomic mass is 16.5. The van der Waals surface area contributed by atoms with Crippen LogP contribution in [0.4, 0.5) is 5.69 Å². The van der Waals surface area contributed by atoms with E-state index >= 15 is 0 Å². The standard InChI is InChI=1S/C19H20N2O2/c1-5-18(20-14(3)22)21-19-13(2)16(11-12-17(19)23-4)15-9-7-6-8-10-15/h5-12H,1H2,2-4H3,(H,20,21,22). The third kappa shape index (κ3) is 3.86. The van der Waals surface area contributed by atoms with Crippen molar-refractivity contribution in [3.63, 3.8) is 0 Å². The van der Waals surface area contributed by atoms with E-state index in [0.29, 0.717) is 17.3 Å². The van der Waals surface area contributed by atoms with E-state index in [1.807, 2.05) is 49.4 Å². The van der Waals surface area contributed by atoms with Crippen LogP contribution in [-0.4, -0.2) is 18.9 Å². The number of hydrogen-bond acceptors (Lipinski definition) is 3. The maximum Gasteiger partial charge on any atom is 0.222 e. The summed E-state index contributed by atoms with van der Waals surface area (Å²) < 4.78 is 5.41. The highest BCUT2D eigenvalue weighted by molar-refractivity contribution is 6.05. The third-order valence-corrected chi connectivity index (χ3v) is 3.43. The number of amides is 1. The van der Waals surface area contributed by atoms with Crippen LogP contribution in [0.15, 0.2) is 60.1 Å². The van der Waals surface area contributed by atoms with Crippen LogP contribution in [0.5, 0.6) is 5.75 Å². The topological polar surface area (TPSA) is 50.7 Å². The van der Waals surface area contributed by atoms with E-state index in [-0.39, 0.29) is 5.91 Å². The molecule has 0 aliphatic rings. The van der Waals surface area contributed by atoms with Gasteiger partial charge in [0.15, 0.2) is 0 Å². The van der Waals surface area contributed by atoms with Crippen molar-refractivity contribution in [3.05, 3.63) is 60.7 Å². The molecule has 1 amide bonds. The average molecular weight is 308 g/mol. The fourth-order valence-corrected chi connectivity index (χ4v) is 2.33. The molecule has 0 aromatic heterocycles. The van der Waals surface area contributed by atoms with Gasteiger partial charge in [0, 0.05) is 6.92 Å². The summed E-state index contributed by atoms with van der Waals surface area (Å²) in [7, 11) is 1.60. The molecule has 118 valence electrons. The van der Waals surface area contributed by atoms with Gasteiger partial charge in [0.2, 0.25) is 5.91 Å². The van der Waals surface area contributed by atoms with E-state index in [1.165, 1.54) is 13.0 Å². The maximum atomic E-state index is 11.3. The molecule has 0 radical (unpaired) electrons. The molecule has 0 unspecified atom stereocenters. The van der Waals surface area contributed by atoms with Gasteiger partial charge in [-0.25, -0.2) is 4.99 Å². The van der Waals surface area contributed by atoms with Gasteiger partial charge in [-0.15, -0.1) is 0 Å². The van der Waals surface area contributed by atoms with E-state index in [9.17, 15) is 4.79 Å². The Balaban J connectivity index is 2.59. The number of nitrogens with one attached hydrogen (secondary N) is 1. The molecule has 2 rings (SSSR count). The van der Waals surface area contributed by atoms with Crippen molar-refractivity contribution in [2.45, 2.75) is 13.8 Å². The molecule has 2 aromatic carbocycles. The monoisotopic (exact) mass is 308 g/mol. The SMILES string of the molecule is C=CC(=Nc1c(OC)ccc(-c2ccccc2)c1C)NC(C)=O. The Morgan fingerprint density at radius 3 is 2.48 bits per heavy atom. The summed E-state index contributed by atoms with van der Waals surface area (Å²) in [5.74, 6) is 0.843. The first-order chi connectivity index (χ1) is 11.1. The first-order valence-corrected chi connectivity index (χ1v) is 7.28. The smallest absolute Gasteiger partial charge is 0.222 e. The maximum absolute atomic E-state index is 11.3. The van der Waals surface area contributed by atoms with E-state index in [2.05, 4.69) is 16.9 Å². The van der Waals surface area contributed by atoms with E-state index in [0.717, 1.165) is 16.7 Å². The predicted molar refractivity (Wildman–Crippen MR) is 94.3 cm³/mol. The molecule has 0 fully saturated rings. The van der Waals surface area contributed by atoms with Gasteiger partial charge in [0.05, 0.1) is 7.11 Å². The van der Waals surface area contributed by atoms with Gasteiger partial charge in [-0.1, -0.05) is 43.0 Å². The number of ether oxygens (including phenoxy) is 1. The van der Waals surface area contributed by atoms with Crippen LogP contribution in [0.3, 0.4) is 0 Å². The minimum Gasteiger partial charge on any atom is -0.494 e. The second kappa shape index (κ2) is 7.40. The molecule has 0 aliphatic heterocycles. The van der Waals surface area contributed by atoms with Crippen LogP contribution in [0.25, 0.3) is 11.1 Å². The highest BCUT2D eigenvalue weighted by Crippen LogP contribution is 2.37. The summed E-state index contributed by atoms with van der Waals surface area (Å²) in [4.78, 5) is 15.8. The minimum absolute atomic E-state index is 0.195. The normalized spacial score (nSPS) is 11.0. The molecule has 0 heterocycles. The molecule has 0 bridgehead atoms. The first kappa shape index (κ1) is 16.5. The van der Waals surface area contributed by atoms with Gasteiger partial charge in [0.1, 0.15) is 17.3 Å². The average Bonchev–Trinajstić information content (AvgIpc) is 2.56. The summed E-state index contributed by atoms with van der Waals surface area (Å²) in [6, 6.07) is 13.9. The highest BCUT2D eigenvalue weighted by Gasteiger charge is 2.12. The van der Waals surface area contributed by atoms with Gasteiger partial charge in [-0.3, -0.25) is 4.79 Å². The van der Waals surface area contributed by atoms with E-state index < -0.39 is 0 Å². The number of aliphatic imine (C=N–C) groups is 1. The van der Waals surface area contributed by atoms with Crippen LogP contribution < -0.4 is 10.1 Å². The van der Waals surface area contributed by atoms with Gasteiger partial charge >= 0.3 is 0 Å². The summed E-state index contributed by atoms with van der Waals surface area (Å²) >= 11 is 0. The first-order valence-electron chi connectivity index (χ1n) is 7.28. The molecule has 23 heavy (non-hydrogen) atoms. The Kier molecular flexibility index (Phi) is 5.31. The van der Waals surface area contributed by atoms with Gasteiger partial charge in [-0.05, 0) is 35.8 Å². The Morgan fingerprint density at radius 1 is 1.22 bits per heavy atom. The van der Waals surface area contributed by atoms with Crippen molar-refractivity contribution < 1.29 is 9.53 Å². The van der Waals surface area contributed by atoms with Crippen molar-refractivity contribution in [3.8, 4) is 16.9 Å². The second-order valence-electron chi connectivity index (χ2n) is 5.04. The van der Waals surface area contributed by atoms with Crippen LogP contribution in [0.2, 0.25) is 0 Å². The van der Waals surface area contributed by atoms with Crippen LogP contribution >= 0.6 is 0 Å². The van der Waals surface area contributed by atoms with Crippen LogP contribution in [-0.2, 0) is 4.79 Å². The molecular formula is C19H20N2O2. The summed E-state index contributed by atoms with van der Waals surface area (Å²) in [6.07, 6.45) is 1.51. The Morgan fingerprint density at radius 2 is 1.91 bits per heavy atom. The molecule has 2 aromatic rings. The number of rotatable bonds is 4. The molecule has 0 spiro atoms. The van der Waals surface area contributed by atoms with Crippen molar-refractivity contribution in [1.82, 2.24) is 5.32 Å². The van der Waals surface area contributed by atoms with Crippen molar-refractivity contribution in [2.75, 3.05) is 7.11 Å². The minimum atomic E-state index is -0.195. The second-order valence-corrected chi connectivity index (χ2v) is 5.04. The number of carbonyl (C=O) groups excluding carboxylic acids is 1. The van der Waals surface area contributed by atoms with Gasteiger partial charge in [0.25, 0.3) is 0 Å². The number of nitrogens with zero attached hydrogens (tertiary/aromatic N) is 1. The molecule has 0 saturated heterocycles. The van der Waals surface area contributed by atoms with Gasteiger partial charge in [-0.2, -0.15) is 0 Å². The molecule has 4 nitrogen and oxygen atoms in total. The lowest BCUT2D eigenvalue weighted by molar-refractivity contribution is -0.117. The molecule has 0 atom stereocenters. The van der Waals surface area contributed by atoms with Crippen molar-refractivity contribution >= 4 is 17.4 Å². The zero-order valence-corrected chi connectivity index (χ0v) is 13.6. The Hall–Kier alpha value is -2.88. The number of hydrogen-bond donors (Lipinski definition) is 1. The third-order valence-electron chi connectivity index (χ3n) is 3.43. The lowest BCUT2D eigenvalue weighted by Gasteiger charge is -2.14. The zero-order chi connectivity index (χ0) is 16.8. The summed E-state index contributed by atoms with van der Waals surface area (Å²) in [6.45, 7) is 7.11. The summed E-state index contributed by atoms with van der Waals surface area (Å²) in [5.41, 5.74) is 3.82. The largest absolute Gasteiger partial charge is 0.494 e. The fourth-order valence-electron chi connectivity index (χ4n) is 2.33. The molecule has 4 heteroatoms. The zero-order valence-electron chi connectivity index (χ0n) is 13.6. The molecule has 0 saturated carbocycles.